The first-order valence-electron chi connectivity index (χ1n) is 7.46. The molecule has 1 aliphatic rings. The molecule has 3 heterocycles. The van der Waals surface area contributed by atoms with Crippen molar-refractivity contribution in [3.05, 3.63) is 28.0 Å². The van der Waals surface area contributed by atoms with Gasteiger partial charge in [-0.15, -0.1) is 11.3 Å². The Kier molecular flexibility index (Phi) is 4.33. The Morgan fingerprint density at radius 1 is 1.23 bits per heavy atom. The SMILES string of the molecule is Cc1nc(C)c(C(=O)Nc2cc(N3CCCCC3)ncn2)s1. The smallest absolute Gasteiger partial charge is 0.268 e. The highest BCUT2D eigenvalue weighted by molar-refractivity contribution is 7.13. The van der Waals surface area contributed by atoms with E-state index in [0.29, 0.717) is 10.7 Å². The summed E-state index contributed by atoms with van der Waals surface area (Å²) in [5.41, 5.74) is 0.755. The molecule has 7 heteroatoms. The highest BCUT2D eigenvalue weighted by Crippen LogP contribution is 2.21. The highest BCUT2D eigenvalue weighted by Gasteiger charge is 2.16. The number of carbonyl (C=O) groups excluding carboxylic acids is 1. The zero-order valence-electron chi connectivity index (χ0n) is 12.8. The van der Waals surface area contributed by atoms with Crippen LogP contribution in [0, 0.1) is 13.8 Å². The number of rotatable bonds is 3. The summed E-state index contributed by atoms with van der Waals surface area (Å²) in [5.74, 6) is 1.25. The second-order valence-corrected chi connectivity index (χ2v) is 6.61. The number of aromatic nitrogens is 3. The highest BCUT2D eigenvalue weighted by atomic mass is 32.1. The standard InChI is InChI=1S/C15H19N5OS/c1-10-14(22-11(2)18-10)15(21)19-12-8-13(17-9-16-12)20-6-4-3-5-7-20/h8-9H,3-7H2,1-2H3,(H,16,17,19,21). The van der Waals surface area contributed by atoms with E-state index >= 15 is 0 Å². The maximum absolute atomic E-state index is 12.3. The zero-order chi connectivity index (χ0) is 15.5. The van der Waals surface area contributed by atoms with Gasteiger partial charge in [0.05, 0.1) is 10.7 Å². The number of thiazole rings is 1. The van der Waals surface area contributed by atoms with E-state index in [1.54, 1.807) is 0 Å². The van der Waals surface area contributed by atoms with Crippen LogP contribution in [0.5, 0.6) is 0 Å². The molecule has 1 N–H and O–H groups in total. The summed E-state index contributed by atoms with van der Waals surface area (Å²) in [6.07, 6.45) is 5.15. The number of amides is 1. The number of hydrogen-bond donors (Lipinski definition) is 1. The number of nitrogens with one attached hydrogen (secondary N) is 1. The number of piperidine rings is 1. The van der Waals surface area contributed by atoms with Crippen LogP contribution in [0.1, 0.15) is 39.6 Å². The van der Waals surface area contributed by atoms with E-state index in [4.69, 9.17) is 0 Å². The zero-order valence-corrected chi connectivity index (χ0v) is 13.6. The van der Waals surface area contributed by atoms with Gasteiger partial charge in [-0.05, 0) is 33.1 Å². The summed E-state index contributed by atoms with van der Waals surface area (Å²) in [6, 6.07) is 1.84. The van der Waals surface area contributed by atoms with Gasteiger partial charge in [-0.3, -0.25) is 4.79 Å². The van der Waals surface area contributed by atoms with Crippen LogP contribution in [-0.2, 0) is 0 Å². The van der Waals surface area contributed by atoms with E-state index in [9.17, 15) is 4.79 Å². The van der Waals surface area contributed by atoms with Crippen molar-refractivity contribution < 1.29 is 4.79 Å². The maximum Gasteiger partial charge on any atom is 0.268 e. The summed E-state index contributed by atoms with van der Waals surface area (Å²) in [4.78, 5) is 27.9. The lowest BCUT2D eigenvalue weighted by Gasteiger charge is -2.27. The van der Waals surface area contributed by atoms with Crippen LogP contribution in [-0.4, -0.2) is 33.9 Å². The van der Waals surface area contributed by atoms with Gasteiger partial charge in [-0.2, -0.15) is 0 Å². The third kappa shape index (κ3) is 3.24. The van der Waals surface area contributed by atoms with Crippen molar-refractivity contribution >= 4 is 28.9 Å². The number of aryl methyl sites for hydroxylation is 2. The Bertz CT molecular complexity index is 678. The molecule has 3 rings (SSSR count). The molecule has 0 unspecified atom stereocenters. The first-order valence-corrected chi connectivity index (χ1v) is 8.27. The van der Waals surface area contributed by atoms with E-state index in [-0.39, 0.29) is 5.91 Å². The molecule has 0 atom stereocenters. The second kappa shape index (κ2) is 6.39. The molecule has 116 valence electrons. The van der Waals surface area contributed by atoms with E-state index < -0.39 is 0 Å². The fraction of sp³-hybridized carbons (Fsp3) is 0.467. The molecule has 0 aliphatic carbocycles. The first-order chi connectivity index (χ1) is 10.6. The molecule has 0 aromatic carbocycles. The van der Waals surface area contributed by atoms with Gasteiger partial charge in [0.25, 0.3) is 5.91 Å². The minimum Gasteiger partial charge on any atom is -0.356 e. The van der Waals surface area contributed by atoms with Gasteiger partial charge < -0.3 is 10.2 Å². The molecule has 0 bridgehead atoms. The second-order valence-electron chi connectivity index (χ2n) is 5.41. The third-order valence-electron chi connectivity index (χ3n) is 3.68. The lowest BCUT2D eigenvalue weighted by molar-refractivity contribution is 0.102. The van der Waals surface area contributed by atoms with Crippen LogP contribution in [0.4, 0.5) is 11.6 Å². The third-order valence-corrected chi connectivity index (χ3v) is 4.76. The van der Waals surface area contributed by atoms with Crippen LogP contribution in [0.25, 0.3) is 0 Å². The molecule has 0 spiro atoms. The summed E-state index contributed by atoms with van der Waals surface area (Å²) in [6.45, 7) is 5.76. The molecule has 22 heavy (non-hydrogen) atoms. The van der Waals surface area contributed by atoms with Gasteiger partial charge in [0, 0.05) is 19.2 Å². The summed E-state index contributed by atoms with van der Waals surface area (Å²) in [5, 5.41) is 3.73. The largest absolute Gasteiger partial charge is 0.356 e. The minimum atomic E-state index is -0.161. The van der Waals surface area contributed by atoms with Crippen LogP contribution >= 0.6 is 11.3 Å². The molecule has 1 saturated heterocycles. The fourth-order valence-corrected chi connectivity index (χ4v) is 3.44. The Labute approximate surface area is 133 Å². The average molecular weight is 317 g/mol. The molecule has 1 aliphatic heterocycles. The quantitative estimate of drug-likeness (QED) is 0.942. The number of anilines is 2. The van der Waals surface area contributed by atoms with Crippen molar-refractivity contribution in [3.8, 4) is 0 Å². The fourth-order valence-electron chi connectivity index (χ4n) is 2.63. The lowest BCUT2D eigenvalue weighted by atomic mass is 10.1. The monoisotopic (exact) mass is 317 g/mol. The minimum absolute atomic E-state index is 0.161. The molecule has 1 amide bonds. The van der Waals surface area contributed by atoms with Crippen molar-refractivity contribution in [3.63, 3.8) is 0 Å². The van der Waals surface area contributed by atoms with Crippen molar-refractivity contribution in [1.29, 1.82) is 0 Å². The predicted molar refractivity (Wildman–Crippen MR) is 87.6 cm³/mol. The molecule has 1 fully saturated rings. The normalized spacial score (nSPS) is 14.9. The first kappa shape index (κ1) is 14.9. The topological polar surface area (TPSA) is 71.0 Å². The van der Waals surface area contributed by atoms with Crippen molar-refractivity contribution in [2.45, 2.75) is 33.1 Å². The number of carbonyl (C=O) groups is 1. The van der Waals surface area contributed by atoms with Crippen LogP contribution in [0.3, 0.4) is 0 Å². The Hall–Kier alpha value is -2.02. The summed E-state index contributed by atoms with van der Waals surface area (Å²) >= 11 is 1.40. The van der Waals surface area contributed by atoms with Crippen LogP contribution < -0.4 is 10.2 Å². The molecular formula is C15H19N5OS. The predicted octanol–water partition coefficient (Wildman–Crippen LogP) is 2.79. The molecule has 0 saturated carbocycles. The average Bonchev–Trinajstić information content (AvgIpc) is 2.87. The van der Waals surface area contributed by atoms with Crippen molar-refractivity contribution in [1.82, 2.24) is 15.0 Å². The van der Waals surface area contributed by atoms with Gasteiger partial charge in [-0.1, -0.05) is 0 Å². The van der Waals surface area contributed by atoms with Gasteiger partial charge in [0.15, 0.2) is 0 Å². The molecule has 2 aromatic rings. The lowest BCUT2D eigenvalue weighted by Crippen LogP contribution is -2.30. The van der Waals surface area contributed by atoms with Gasteiger partial charge in [0.1, 0.15) is 22.8 Å². The van der Waals surface area contributed by atoms with E-state index in [1.165, 1.54) is 36.9 Å². The van der Waals surface area contributed by atoms with Crippen molar-refractivity contribution in [2.75, 3.05) is 23.3 Å². The van der Waals surface area contributed by atoms with Crippen molar-refractivity contribution in [2.24, 2.45) is 0 Å². The summed E-state index contributed by atoms with van der Waals surface area (Å²) in [7, 11) is 0. The van der Waals surface area contributed by atoms with Gasteiger partial charge in [-0.25, -0.2) is 15.0 Å². The van der Waals surface area contributed by atoms with Gasteiger partial charge >= 0.3 is 0 Å². The molecule has 2 aromatic heterocycles. The van der Waals surface area contributed by atoms with E-state index in [0.717, 1.165) is 29.6 Å². The number of hydrogen-bond acceptors (Lipinski definition) is 6. The van der Waals surface area contributed by atoms with Crippen LogP contribution in [0.15, 0.2) is 12.4 Å². The molecule has 6 nitrogen and oxygen atoms in total. The molecular weight excluding hydrogens is 298 g/mol. The van der Waals surface area contributed by atoms with E-state index in [1.807, 2.05) is 19.9 Å². The summed E-state index contributed by atoms with van der Waals surface area (Å²) < 4.78 is 0. The van der Waals surface area contributed by atoms with E-state index in [2.05, 4.69) is 25.2 Å². The number of nitrogens with zero attached hydrogens (tertiary/aromatic N) is 4. The Balaban J connectivity index is 1.75. The molecule has 0 radical (unpaired) electrons. The van der Waals surface area contributed by atoms with Gasteiger partial charge in [0.2, 0.25) is 0 Å². The maximum atomic E-state index is 12.3. The Morgan fingerprint density at radius 2 is 2.00 bits per heavy atom. The Morgan fingerprint density at radius 3 is 2.68 bits per heavy atom. The van der Waals surface area contributed by atoms with Crippen LogP contribution in [0.2, 0.25) is 0 Å².